The Hall–Kier alpha value is -1.02. The third-order valence-electron chi connectivity index (χ3n) is 4.57. The number of benzene rings is 1. The van der Waals surface area contributed by atoms with Crippen molar-refractivity contribution in [1.29, 1.82) is 0 Å². The van der Waals surface area contributed by atoms with Gasteiger partial charge in [-0.25, -0.2) is 0 Å². The molecule has 0 amide bonds. The van der Waals surface area contributed by atoms with Crippen molar-refractivity contribution in [3.63, 3.8) is 0 Å². The number of ether oxygens (including phenoxy) is 1. The molecule has 1 heterocycles. The van der Waals surface area contributed by atoms with Crippen molar-refractivity contribution >= 4 is 0 Å². The molecule has 1 aromatic carbocycles. The third-order valence-corrected chi connectivity index (χ3v) is 4.57. The highest BCUT2D eigenvalue weighted by molar-refractivity contribution is 5.41. The van der Waals surface area contributed by atoms with Crippen LogP contribution in [-0.2, 0) is 6.42 Å². The minimum atomic E-state index is 0.177. The van der Waals surface area contributed by atoms with E-state index in [1.165, 1.54) is 36.8 Å². The van der Waals surface area contributed by atoms with Crippen LogP contribution in [0.25, 0.3) is 0 Å². The van der Waals surface area contributed by atoms with Gasteiger partial charge >= 0.3 is 0 Å². The van der Waals surface area contributed by atoms with E-state index in [4.69, 9.17) is 10.5 Å². The van der Waals surface area contributed by atoms with Gasteiger partial charge in [0.1, 0.15) is 5.75 Å². The molecule has 0 spiro atoms. The summed E-state index contributed by atoms with van der Waals surface area (Å²) < 4.78 is 5.54. The highest BCUT2D eigenvalue weighted by Gasteiger charge is 2.35. The van der Waals surface area contributed by atoms with Crippen LogP contribution >= 0.6 is 0 Å². The van der Waals surface area contributed by atoms with Crippen LogP contribution in [0, 0.1) is 5.41 Å². The van der Waals surface area contributed by atoms with E-state index in [2.05, 4.69) is 25.1 Å². The molecular formula is C15H21NO. The van der Waals surface area contributed by atoms with Gasteiger partial charge in [0.05, 0.1) is 6.61 Å². The zero-order chi connectivity index (χ0) is 11.9. The van der Waals surface area contributed by atoms with E-state index >= 15 is 0 Å². The Balaban J connectivity index is 1.88. The second-order valence-electron chi connectivity index (χ2n) is 5.80. The van der Waals surface area contributed by atoms with Crippen LogP contribution < -0.4 is 10.5 Å². The van der Waals surface area contributed by atoms with E-state index in [1.54, 1.807) is 0 Å². The molecule has 92 valence electrons. The number of hydrogen-bond donors (Lipinski definition) is 1. The first kappa shape index (κ1) is 11.1. The van der Waals surface area contributed by atoms with Gasteiger partial charge < -0.3 is 10.5 Å². The average molecular weight is 231 g/mol. The van der Waals surface area contributed by atoms with Crippen molar-refractivity contribution in [2.24, 2.45) is 11.1 Å². The van der Waals surface area contributed by atoms with Crippen molar-refractivity contribution in [2.45, 2.75) is 45.1 Å². The lowest BCUT2D eigenvalue weighted by Crippen LogP contribution is -2.29. The van der Waals surface area contributed by atoms with Gasteiger partial charge in [-0.1, -0.05) is 31.9 Å². The quantitative estimate of drug-likeness (QED) is 0.848. The Kier molecular flexibility index (Phi) is 2.62. The molecule has 1 unspecified atom stereocenters. The summed E-state index contributed by atoms with van der Waals surface area (Å²) in [4.78, 5) is 0. The SMILES string of the molecule is CC1(C(N)c2ccc3c(c2)CCO3)CCCC1. The normalized spacial score (nSPS) is 23.2. The molecule has 0 bridgehead atoms. The van der Waals surface area contributed by atoms with Crippen molar-refractivity contribution in [2.75, 3.05) is 6.61 Å². The Bertz CT molecular complexity index is 421. The molecule has 1 aliphatic heterocycles. The lowest BCUT2D eigenvalue weighted by Gasteiger charge is -2.31. The molecule has 1 aliphatic carbocycles. The summed E-state index contributed by atoms with van der Waals surface area (Å²) in [5.74, 6) is 1.05. The first-order valence-electron chi connectivity index (χ1n) is 6.70. The van der Waals surface area contributed by atoms with Crippen LogP contribution in [0.1, 0.15) is 49.8 Å². The zero-order valence-electron chi connectivity index (χ0n) is 10.5. The van der Waals surface area contributed by atoms with Crippen molar-refractivity contribution in [3.05, 3.63) is 29.3 Å². The monoisotopic (exact) mass is 231 g/mol. The number of fused-ring (bicyclic) bond motifs is 1. The fourth-order valence-corrected chi connectivity index (χ4v) is 3.30. The minimum absolute atomic E-state index is 0.177. The van der Waals surface area contributed by atoms with Crippen LogP contribution in [0.3, 0.4) is 0 Å². The maximum absolute atomic E-state index is 6.49. The van der Waals surface area contributed by atoms with E-state index in [-0.39, 0.29) is 6.04 Å². The predicted octanol–water partition coefficient (Wildman–Crippen LogP) is 3.20. The zero-order valence-corrected chi connectivity index (χ0v) is 10.5. The second kappa shape index (κ2) is 4.02. The molecule has 0 saturated heterocycles. The van der Waals surface area contributed by atoms with Gasteiger partial charge in [-0.2, -0.15) is 0 Å². The van der Waals surface area contributed by atoms with E-state index in [1.807, 2.05) is 0 Å². The molecule has 1 aromatic rings. The van der Waals surface area contributed by atoms with Gasteiger partial charge in [0.2, 0.25) is 0 Å². The highest BCUT2D eigenvalue weighted by atomic mass is 16.5. The van der Waals surface area contributed by atoms with Crippen molar-refractivity contribution in [1.82, 2.24) is 0 Å². The number of rotatable bonds is 2. The van der Waals surface area contributed by atoms with Crippen LogP contribution in [0.5, 0.6) is 5.75 Å². The molecule has 2 aliphatic rings. The van der Waals surface area contributed by atoms with Gasteiger partial charge in [-0.3, -0.25) is 0 Å². The number of hydrogen-bond acceptors (Lipinski definition) is 2. The summed E-state index contributed by atoms with van der Waals surface area (Å²) in [6.07, 6.45) is 6.23. The first-order valence-corrected chi connectivity index (χ1v) is 6.70. The summed E-state index contributed by atoms with van der Waals surface area (Å²) in [6.45, 7) is 3.17. The molecule has 17 heavy (non-hydrogen) atoms. The maximum Gasteiger partial charge on any atom is 0.122 e. The van der Waals surface area contributed by atoms with E-state index in [9.17, 15) is 0 Å². The van der Waals surface area contributed by atoms with Gasteiger partial charge in [0.25, 0.3) is 0 Å². The van der Waals surface area contributed by atoms with Gasteiger partial charge in [-0.05, 0) is 35.4 Å². The first-order chi connectivity index (χ1) is 8.19. The molecule has 2 N–H and O–H groups in total. The van der Waals surface area contributed by atoms with E-state index < -0.39 is 0 Å². The van der Waals surface area contributed by atoms with Crippen LogP contribution in [0.15, 0.2) is 18.2 Å². The average Bonchev–Trinajstić information content (AvgIpc) is 2.96. The fourth-order valence-electron chi connectivity index (χ4n) is 3.30. The minimum Gasteiger partial charge on any atom is -0.493 e. The number of nitrogens with two attached hydrogens (primary N) is 1. The smallest absolute Gasteiger partial charge is 0.122 e. The molecular weight excluding hydrogens is 210 g/mol. The molecule has 1 fully saturated rings. The van der Waals surface area contributed by atoms with Gasteiger partial charge in [0.15, 0.2) is 0 Å². The third kappa shape index (κ3) is 1.85. The topological polar surface area (TPSA) is 35.2 Å². The molecule has 0 radical (unpaired) electrons. The standard InChI is InChI=1S/C15H21NO/c1-15(7-2-3-8-15)14(16)12-4-5-13-11(10-12)6-9-17-13/h4-5,10,14H,2-3,6-9,16H2,1H3. The molecule has 3 rings (SSSR count). The molecule has 1 saturated carbocycles. The molecule has 1 atom stereocenters. The van der Waals surface area contributed by atoms with Crippen LogP contribution in [-0.4, -0.2) is 6.61 Å². The summed E-state index contributed by atoms with van der Waals surface area (Å²) in [5.41, 5.74) is 9.41. The Morgan fingerprint density at radius 3 is 2.82 bits per heavy atom. The van der Waals surface area contributed by atoms with Crippen molar-refractivity contribution in [3.8, 4) is 5.75 Å². The Labute approximate surface area is 103 Å². The maximum atomic E-state index is 6.49. The van der Waals surface area contributed by atoms with E-state index in [0.29, 0.717) is 5.41 Å². The predicted molar refractivity (Wildman–Crippen MR) is 69.1 cm³/mol. The largest absolute Gasteiger partial charge is 0.493 e. The summed E-state index contributed by atoms with van der Waals surface area (Å²) in [5, 5.41) is 0. The molecule has 0 aromatic heterocycles. The van der Waals surface area contributed by atoms with Gasteiger partial charge in [-0.15, -0.1) is 0 Å². The molecule has 2 heteroatoms. The Morgan fingerprint density at radius 2 is 2.06 bits per heavy atom. The van der Waals surface area contributed by atoms with E-state index in [0.717, 1.165) is 18.8 Å². The fraction of sp³-hybridized carbons (Fsp3) is 0.600. The highest BCUT2D eigenvalue weighted by Crippen LogP contribution is 2.46. The second-order valence-corrected chi connectivity index (χ2v) is 5.80. The van der Waals surface area contributed by atoms with Crippen LogP contribution in [0.2, 0.25) is 0 Å². The summed E-state index contributed by atoms with van der Waals surface area (Å²) >= 11 is 0. The molecule has 2 nitrogen and oxygen atoms in total. The summed E-state index contributed by atoms with van der Waals surface area (Å²) in [7, 11) is 0. The summed E-state index contributed by atoms with van der Waals surface area (Å²) in [6, 6.07) is 6.68. The lowest BCUT2D eigenvalue weighted by molar-refractivity contribution is 0.265. The van der Waals surface area contributed by atoms with Gasteiger partial charge in [0, 0.05) is 12.5 Å². The van der Waals surface area contributed by atoms with Crippen molar-refractivity contribution < 1.29 is 4.74 Å². The Morgan fingerprint density at radius 1 is 1.29 bits per heavy atom. The van der Waals surface area contributed by atoms with Crippen LogP contribution in [0.4, 0.5) is 0 Å². The lowest BCUT2D eigenvalue weighted by atomic mass is 9.77.